The monoisotopic (exact) mass is 274 g/mol. The number of rotatable bonds is 6. The van der Waals surface area contributed by atoms with Crippen molar-refractivity contribution in [3.8, 4) is 0 Å². The first kappa shape index (κ1) is 14.7. The van der Waals surface area contributed by atoms with Crippen molar-refractivity contribution in [2.75, 3.05) is 32.2 Å². The third-order valence-electron chi connectivity index (χ3n) is 2.40. The summed E-state index contributed by atoms with van der Waals surface area (Å²) in [6.07, 6.45) is -0.647. The van der Waals surface area contributed by atoms with E-state index in [-0.39, 0.29) is 17.3 Å². The average Bonchev–Trinajstić information content (AvgIpc) is 2.28. The van der Waals surface area contributed by atoms with E-state index in [4.69, 9.17) is 16.3 Å². The molecule has 1 rings (SSSR count). The van der Waals surface area contributed by atoms with E-state index in [1.54, 1.807) is 18.0 Å². The lowest BCUT2D eigenvalue weighted by Gasteiger charge is -2.23. The third-order valence-corrected chi connectivity index (χ3v) is 2.70. The van der Waals surface area contributed by atoms with Gasteiger partial charge in [0, 0.05) is 32.8 Å². The zero-order valence-electron chi connectivity index (χ0n) is 10.2. The normalized spacial score (nSPS) is 12.2. The minimum absolute atomic E-state index is 0.0606. The first-order chi connectivity index (χ1) is 8.45. The maximum Gasteiger partial charge on any atom is 0.271 e. The number of aliphatic hydroxyl groups is 1. The number of methoxy groups -OCH3 is 1. The molecule has 1 unspecified atom stereocenters. The highest BCUT2D eigenvalue weighted by Gasteiger charge is 2.14. The highest BCUT2D eigenvalue weighted by Crippen LogP contribution is 2.29. The van der Waals surface area contributed by atoms with Gasteiger partial charge in [-0.15, -0.1) is 0 Å². The summed E-state index contributed by atoms with van der Waals surface area (Å²) in [5.74, 6) is 0. The molecule has 0 saturated heterocycles. The molecule has 0 aliphatic heterocycles. The van der Waals surface area contributed by atoms with Gasteiger partial charge < -0.3 is 14.7 Å². The van der Waals surface area contributed by atoms with E-state index in [1.165, 1.54) is 19.2 Å². The number of anilines is 1. The second-order valence-electron chi connectivity index (χ2n) is 3.88. The molecule has 1 aromatic carbocycles. The van der Waals surface area contributed by atoms with Crippen LogP contribution in [-0.4, -0.2) is 43.4 Å². The first-order valence-electron chi connectivity index (χ1n) is 5.27. The largest absolute Gasteiger partial charge is 0.389 e. The molecule has 0 aromatic heterocycles. The van der Waals surface area contributed by atoms with Gasteiger partial charge >= 0.3 is 0 Å². The highest BCUT2D eigenvalue weighted by atomic mass is 35.5. The number of likely N-dealkylation sites (N-methyl/N-ethyl adjacent to an activating group) is 1. The molecule has 0 amide bonds. The number of nitrogens with zero attached hydrogens (tertiary/aromatic N) is 2. The zero-order valence-corrected chi connectivity index (χ0v) is 10.9. The predicted octanol–water partition coefficient (Wildman–Crippen LogP) is 1.69. The Labute approximate surface area is 110 Å². The number of halogens is 1. The summed E-state index contributed by atoms with van der Waals surface area (Å²) in [6.45, 7) is 0.542. The maximum atomic E-state index is 10.6. The fourth-order valence-corrected chi connectivity index (χ4v) is 1.90. The third kappa shape index (κ3) is 3.83. The number of nitro benzene ring substituents is 1. The van der Waals surface area contributed by atoms with E-state index in [0.717, 1.165) is 0 Å². The minimum Gasteiger partial charge on any atom is -0.389 e. The van der Waals surface area contributed by atoms with E-state index in [2.05, 4.69) is 0 Å². The molecular weight excluding hydrogens is 260 g/mol. The minimum atomic E-state index is -0.647. The van der Waals surface area contributed by atoms with Gasteiger partial charge in [-0.2, -0.15) is 0 Å². The molecule has 0 bridgehead atoms. The van der Waals surface area contributed by atoms with Crippen molar-refractivity contribution in [1.82, 2.24) is 0 Å². The maximum absolute atomic E-state index is 10.6. The molecule has 1 atom stereocenters. The van der Waals surface area contributed by atoms with Crippen LogP contribution in [0.25, 0.3) is 0 Å². The predicted molar refractivity (Wildman–Crippen MR) is 69.3 cm³/mol. The number of hydrogen-bond acceptors (Lipinski definition) is 5. The lowest BCUT2D eigenvalue weighted by molar-refractivity contribution is -0.384. The van der Waals surface area contributed by atoms with Gasteiger partial charge in [0.25, 0.3) is 5.69 Å². The Morgan fingerprint density at radius 1 is 1.61 bits per heavy atom. The van der Waals surface area contributed by atoms with E-state index < -0.39 is 11.0 Å². The molecule has 18 heavy (non-hydrogen) atoms. The van der Waals surface area contributed by atoms with Gasteiger partial charge in [-0.1, -0.05) is 11.6 Å². The SMILES string of the molecule is COCC(O)CN(C)c1ccc([N+](=O)[O-])cc1Cl. The Balaban J connectivity index is 2.80. The number of hydrogen-bond donors (Lipinski definition) is 1. The summed E-state index contributed by atoms with van der Waals surface area (Å²) in [5.41, 5.74) is 0.562. The van der Waals surface area contributed by atoms with Gasteiger partial charge in [0.15, 0.2) is 0 Å². The fourth-order valence-electron chi connectivity index (χ4n) is 1.58. The molecule has 1 aromatic rings. The molecule has 1 N–H and O–H groups in total. The summed E-state index contributed by atoms with van der Waals surface area (Å²) in [4.78, 5) is 11.8. The van der Waals surface area contributed by atoms with Crippen molar-refractivity contribution in [2.45, 2.75) is 6.10 Å². The standard InChI is InChI=1S/C11H15ClN2O4/c1-13(6-9(15)7-18-2)11-4-3-8(14(16)17)5-10(11)12/h3-5,9,15H,6-7H2,1-2H3. The molecule has 0 spiro atoms. The van der Waals surface area contributed by atoms with Crippen molar-refractivity contribution in [3.05, 3.63) is 33.3 Å². The summed E-state index contributed by atoms with van der Waals surface area (Å²) < 4.78 is 4.82. The number of ether oxygens (including phenoxy) is 1. The first-order valence-corrected chi connectivity index (χ1v) is 5.65. The van der Waals surface area contributed by atoms with Crippen LogP contribution in [0.1, 0.15) is 0 Å². The molecule has 0 aliphatic rings. The van der Waals surface area contributed by atoms with Crippen molar-refractivity contribution in [2.24, 2.45) is 0 Å². The lowest BCUT2D eigenvalue weighted by atomic mass is 10.2. The molecular formula is C11H15ClN2O4. The summed E-state index contributed by atoms with van der Waals surface area (Å²) in [7, 11) is 3.24. The molecule has 100 valence electrons. The van der Waals surface area contributed by atoms with Crippen LogP contribution in [0.4, 0.5) is 11.4 Å². The van der Waals surface area contributed by atoms with E-state index in [1.807, 2.05) is 0 Å². The molecule has 6 nitrogen and oxygen atoms in total. The number of non-ortho nitro benzene ring substituents is 1. The second kappa shape index (κ2) is 6.53. The molecule has 0 radical (unpaired) electrons. The molecule has 0 fully saturated rings. The van der Waals surface area contributed by atoms with Crippen LogP contribution in [0.15, 0.2) is 18.2 Å². The van der Waals surface area contributed by atoms with Crippen molar-refractivity contribution >= 4 is 23.0 Å². The van der Waals surface area contributed by atoms with Crippen LogP contribution in [0, 0.1) is 10.1 Å². The van der Waals surface area contributed by atoms with E-state index in [9.17, 15) is 15.2 Å². The van der Waals surface area contributed by atoms with E-state index >= 15 is 0 Å². The van der Waals surface area contributed by atoms with Crippen LogP contribution in [0.2, 0.25) is 5.02 Å². The Hall–Kier alpha value is -1.37. The van der Waals surface area contributed by atoms with Gasteiger partial charge in [0.2, 0.25) is 0 Å². The molecule has 0 saturated carbocycles. The van der Waals surface area contributed by atoms with Gasteiger partial charge in [-0.25, -0.2) is 0 Å². The molecule has 7 heteroatoms. The van der Waals surface area contributed by atoms with Crippen LogP contribution < -0.4 is 4.90 Å². The number of nitro groups is 1. The Morgan fingerprint density at radius 2 is 2.28 bits per heavy atom. The zero-order chi connectivity index (χ0) is 13.7. The van der Waals surface area contributed by atoms with Crippen LogP contribution in [-0.2, 0) is 4.74 Å². The van der Waals surface area contributed by atoms with Crippen LogP contribution in [0.5, 0.6) is 0 Å². The van der Waals surface area contributed by atoms with Gasteiger partial charge in [0.1, 0.15) is 0 Å². The number of aliphatic hydroxyl groups excluding tert-OH is 1. The van der Waals surface area contributed by atoms with Crippen LogP contribution in [0.3, 0.4) is 0 Å². The smallest absolute Gasteiger partial charge is 0.271 e. The summed E-state index contributed by atoms with van der Waals surface area (Å²) in [5, 5.41) is 20.4. The quantitative estimate of drug-likeness (QED) is 0.631. The summed E-state index contributed by atoms with van der Waals surface area (Å²) >= 11 is 5.97. The number of benzene rings is 1. The van der Waals surface area contributed by atoms with Crippen molar-refractivity contribution in [3.63, 3.8) is 0 Å². The fraction of sp³-hybridized carbons (Fsp3) is 0.455. The second-order valence-corrected chi connectivity index (χ2v) is 4.29. The Morgan fingerprint density at radius 3 is 2.78 bits per heavy atom. The van der Waals surface area contributed by atoms with E-state index in [0.29, 0.717) is 12.2 Å². The lowest BCUT2D eigenvalue weighted by Crippen LogP contribution is -2.32. The summed E-state index contributed by atoms with van der Waals surface area (Å²) in [6, 6.07) is 4.22. The van der Waals surface area contributed by atoms with Crippen molar-refractivity contribution < 1.29 is 14.8 Å². The average molecular weight is 275 g/mol. The van der Waals surface area contributed by atoms with Gasteiger partial charge in [-0.3, -0.25) is 10.1 Å². The van der Waals surface area contributed by atoms with Gasteiger partial charge in [0.05, 0.1) is 28.3 Å². The highest BCUT2D eigenvalue weighted by molar-refractivity contribution is 6.33. The topological polar surface area (TPSA) is 75.8 Å². The Kier molecular flexibility index (Phi) is 5.33. The van der Waals surface area contributed by atoms with Gasteiger partial charge in [-0.05, 0) is 6.07 Å². The van der Waals surface area contributed by atoms with Crippen molar-refractivity contribution in [1.29, 1.82) is 0 Å². The molecule has 0 aliphatic carbocycles. The Bertz CT molecular complexity index is 428. The molecule has 0 heterocycles. The van der Waals surface area contributed by atoms with Crippen LogP contribution >= 0.6 is 11.6 Å².